The number of nitrogens with one attached hydrogen (secondary N) is 1. The van der Waals surface area contributed by atoms with E-state index in [1.165, 1.54) is 4.88 Å². The van der Waals surface area contributed by atoms with Crippen molar-refractivity contribution in [3.05, 3.63) is 15.6 Å². The summed E-state index contributed by atoms with van der Waals surface area (Å²) < 4.78 is 11.1. The zero-order chi connectivity index (χ0) is 14.5. The summed E-state index contributed by atoms with van der Waals surface area (Å²) in [6, 6.07) is 0. The molecular weight excluding hydrogens is 260 g/mol. The third-order valence-corrected chi connectivity index (χ3v) is 3.90. The van der Waals surface area contributed by atoms with Crippen molar-refractivity contribution in [1.82, 2.24) is 10.3 Å². The maximum absolute atomic E-state index is 5.90. The number of hydrogen-bond donors (Lipinski definition) is 1. The quantitative estimate of drug-likeness (QED) is 0.836. The average molecular weight is 286 g/mol. The van der Waals surface area contributed by atoms with Crippen LogP contribution < -0.4 is 5.32 Å². The SMILES string of the molecule is CCOC(c1nc(COC)c(CNC)s1)C(C)(C)C. The van der Waals surface area contributed by atoms with Gasteiger partial charge in [-0.2, -0.15) is 0 Å². The molecular formula is C14H26N2O2S. The molecule has 0 spiro atoms. The highest BCUT2D eigenvalue weighted by Crippen LogP contribution is 2.38. The molecule has 1 aromatic rings. The van der Waals surface area contributed by atoms with Crippen molar-refractivity contribution >= 4 is 11.3 Å². The normalized spacial score (nSPS) is 13.8. The van der Waals surface area contributed by atoms with Crippen molar-refractivity contribution < 1.29 is 9.47 Å². The number of thiazole rings is 1. The molecule has 1 rings (SSSR count). The molecule has 0 saturated heterocycles. The Bertz CT molecular complexity index is 362. The zero-order valence-corrected chi connectivity index (χ0v) is 13.7. The summed E-state index contributed by atoms with van der Waals surface area (Å²) in [6.07, 6.45) is 0.0312. The van der Waals surface area contributed by atoms with Crippen LogP contribution in [0.2, 0.25) is 0 Å². The largest absolute Gasteiger partial charge is 0.378 e. The van der Waals surface area contributed by atoms with Crippen molar-refractivity contribution in [2.75, 3.05) is 20.8 Å². The molecule has 5 heteroatoms. The molecule has 1 aromatic heterocycles. The van der Waals surface area contributed by atoms with E-state index in [1.54, 1.807) is 18.4 Å². The van der Waals surface area contributed by atoms with E-state index in [9.17, 15) is 0 Å². The van der Waals surface area contributed by atoms with Gasteiger partial charge in [-0.05, 0) is 19.4 Å². The minimum atomic E-state index is 0.0312. The molecule has 1 N–H and O–H groups in total. The Kier molecular flexibility index (Phi) is 6.39. The maximum Gasteiger partial charge on any atom is 0.123 e. The molecule has 0 aliphatic carbocycles. The molecule has 110 valence electrons. The molecule has 0 bridgehead atoms. The highest BCUT2D eigenvalue weighted by atomic mass is 32.1. The topological polar surface area (TPSA) is 43.4 Å². The van der Waals surface area contributed by atoms with Crippen LogP contribution in [-0.2, 0) is 22.6 Å². The Balaban J connectivity index is 3.06. The van der Waals surface area contributed by atoms with Gasteiger partial charge < -0.3 is 14.8 Å². The number of aromatic nitrogens is 1. The minimum Gasteiger partial charge on any atom is -0.378 e. The van der Waals surface area contributed by atoms with Crippen LogP contribution in [0.1, 0.15) is 49.4 Å². The lowest BCUT2D eigenvalue weighted by molar-refractivity contribution is -0.0135. The first kappa shape index (κ1) is 16.6. The number of methoxy groups -OCH3 is 1. The van der Waals surface area contributed by atoms with Crippen LogP contribution in [0.4, 0.5) is 0 Å². The van der Waals surface area contributed by atoms with Gasteiger partial charge in [-0.15, -0.1) is 11.3 Å². The second-order valence-corrected chi connectivity index (χ2v) is 6.70. The fraction of sp³-hybridized carbons (Fsp3) is 0.786. The summed E-state index contributed by atoms with van der Waals surface area (Å²) in [6.45, 7) is 10.6. The van der Waals surface area contributed by atoms with Crippen LogP contribution >= 0.6 is 11.3 Å². The van der Waals surface area contributed by atoms with E-state index < -0.39 is 0 Å². The third kappa shape index (κ3) is 4.53. The number of rotatable bonds is 7. The van der Waals surface area contributed by atoms with Crippen LogP contribution in [0.25, 0.3) is 0 Å². The molecule has 0 aromatic carbocycles. The lowest BCUT2D eigenvalue weighted by atomic mass is 9.89. The van der Waals surface area contributed by atoms with Gasteiger partial charge in [-0.25, -0.2) is 4.98 Å². The van der Waals surface area contributed by atoms with Crippen LogP contribution in [0.3, 0.4) is 0 Å². The number of ether oxygens (including phenoxy) is 2. The Labute approximate surface area is 120 Å². The molecule has 0 aliphatic heterocycles. The molecule has 1 unspecified atom stereocenters. The molecule has 0 saturated carbocycles. The van der Waals surface area contributed by atoms with Crippen LogP contribution in [-0.4, -0.2) is 25.7 Å². The lowest BCUT2D eigenvalue weighted by Gasteiger charge is -2.28. The van der Waals surface area contributed by atoms with E-state index in [0.29, 0.717) is 13.2 Å². The van der Waals surface area contributed by atoms with Crippen LogP contribution in [0.15, 0.2) is 0 Å². The molecule has 0 aliphatic rings. The third-order valence-electron chi connectivity index (χ3n) is 2.76. The summed E-state index contributed by atoms with van der Waals surface area (Å²) in [4.78, 5) is 5.96. The van der Waals surface area contributed by atoms with Gasteiger partial charge in [-0.1, -0.05) is 20.8 Å². The van der Waals surface area contributed by atoms with Gasteiger partial charge in [0.05, 0.1) is 12.3 Å². The summed E-state index contributed by atoms with van der Waals surface area (Å²) in [5, 5.41) is 4.23. The molecule has 4 nitrogen and oxygen atoms in total. The zero-order valence-electron chi connectivity index (χ0n) is 12.9. The highest BCUT2D eigenvalue weighted by Gasteiger charge is 2.30. The van der Waals surface area contributed by atoms with E-state index in [0.717, 1.165) is 17.2 Å². The first-order chi connectivity index (χ1) is 8.93. The molecule has 1 heterocycles. The van der Waals surface area contributed by atoms with Gasteiger partial charge in [0.2, 0.25) is 0 Å². The number of nitrogens with zero attached hydrogens (tertiary/aromatic N) is 1. The summed E-state index contributed by atoms with van der Waals surface area (Å²) in [5.41, 5.74) is 1.06. The van der Waals surface area contributed by atoms with Crippen LogP contribution in [0, 0.1) is 5.41 Å². The van der Waals surface area contributed by atoms with Crippen molar-refractivity contribution in [2.45, 2.75) is 47.0 Å². The molecule has 1 atom stereocenters. The summed E-state index contributed by atoms with van der Waals surface area (Å²) in [5.74, 6) is 0. The standard InChI is InChI=1S/C14H26N2O2S/c1-7-18-12(14(2,3)4)13-16-10(9-17-6)11(19-13)8-15-5/h12,15H,7-9H2,1-6H3. The fourth-order valence-electron chi connectivity index (χ4n) is 1.92. The van der Waals surface area contributed by atoms with Gasteiger partial charge in [0.25, 0.3) is 0 Å². The monoisotopic (exact) mass is 286 g/mol. The van der Waals surface area contributed by atoms with E-state index in [4.69, 9.17) is 14.5 Å². The van der Waals surface area contributed by atoms with E-state index in [1.807, 2.05) is 14.0 Å². The van der Waals surface area contributed by atoms with Crippen molar-refractivity contribution in [3.8, 4) is 0 Å². The predicted molar refractivity (Wildman–Crippen MR) is 79.4 cm³/mol. The number of hydrogen-bond acceptors (Lipinski definition) is 5. The first-order valence-corrected chi connectivity index (χ1v) is 7.49. The molecule has 0 fully saturated rings. The minimum absolute atomic E-state index is 0.0312. The van der Waals surface area contributed by atoms with E-state index in [2.05, 4.69) is 26.1 Å². The Morgan fingerprint density at radius 3 is 2.53 bits per heavy atom. The van der Waals surface area contributed by atoms with Crippen molar-refractivity contribution in [1.29, 1.82) is 0 Å². The van der Waals surface area contributed by atoms with E-state index in [-0.39, 0.29) is 11.5 Å². The van der Waals surface area contributed by atoms with E-state index >= 15 is 0 Å². The van der Waals surface area contributed by atoms with Gasteiger partial charge in [-0.3, -0.25) is 0 Å². The van der Waals surface area contributed by atoms with Gasteiger partial charge in [0, 0.05) is 25.1 Å². The van der Waals surface area contributed by atoms with Gasteiger partial charge in [0.15, 0.2) is 0 Å². The van der Waals surface area contributed by atoms with Gasteiger partial charge in [0.1, 0.15) is 11.1 Å². The Hall–Kier alpha value is -0.490. The fourth-order valence-corrected chi connectivity index (χ4v) is 3.30. The van der Waals surface area contributed by atoms with Crippen molar-refractivity contribution in [2.24, 2.45) is 5.41 Å². The molecule has 0 amide bonds. The Morgan fingerprint density at radius 1 is 1.37 bits per heavy atom. The highest BCUT2D eigenvalue weighted by molar-refractivity contribution is 7.11. The summed E-state index contributed by atoms with van der Waals surface area (Å²) >= 11 is 1.72. The molecule has 0 radical (unpaired) electrons. The second kappa shape index (κ2) is 7.33. The average Bonchev–Trinajstić information content (AvgIpc) is 2.68. The Morgan fingerprint density at radius 2 is 2.05 bits per heavy atom. The first-order valence-electron chi connectivity index (χ1n) is 6.67. The maximum atomic E-state index is 5.90. The smallest absolute Gasteiger partial charge is 0.123 e. The summed E-state index contributed by atoms with van der Waals surface area (Å²) in [7, 11) is 3.64. The lowest BCUT2D eigenvalue weighted by Crippen LogP contribution is -2.21. The molecule has 19 heavy (non-hydrogen) atoms. The second-order valence-electron chi connectivity index (χ2n) is 5.59. The van der Waals surface area contributed by atoms with Gasteiger partial charge >= 0.3 is 0 Å². The van der Waals surface area contributed by atoms with Crippen molar-refractivity contribution in [3.63, 3.8) is 0 Å². The van der Waals surface area contributed by atoms with Crippen LogP contribution in [0.5, 0.6) is 0 Å². The predicted octanol–water partition coefficient (Wildman–Crippen LogP) is 3.13.